The zero-order valence-corrected chi connectivity index (χ0v) is 9.95. The van der Waals surface area contributed by atoms with E-state index in [1.54, 1.807) is 0 Å². The van der Waals surface area contributed by atoms with Crippen LogP contribution in [-0.4, -0.2) is 12.5 Å². The molecule has 1 rings (SSSR count). The number of hydrogen-bond donors (Lipinski definition) is 2. The van der Waals surface area contributed by atoms with Gasteiger partial charge in [-0.2, -0.15) is 0 Å². The van der Waals surface area contributed by atoms with Crippen LogP contribution < -0.4 is 11.1 Å². The summed E-state index contributed by atoms with van der Waals surface area (Å²) in [6.07, 6.45) is 1.80. The van der Waals surface area contributed by atoms with Crippen molar-refractivity contribution in [2.24, 2.45) is 11.7 Å². The number of aryl methyl sites for hydroxylation is 1. The van der Waals surface area contributed by atoms with Gasteiger partial charge in [0.25, 0.3) is 0 Å². The SMILES string of the molecule is CCCC(CN)C(=O)NCc1ccc(C)o1. The maximum Gasteiger partial charge on any atom is 0.224 e. The molecule has 1 aromatic heterocycles. The van der Waals surface area contributed by atoms with Gasteiger partial charge in [-0.05, 0) is 25.5 Å². The van der Waals surface area contributed by atoms with Crippen molar-refractivity contribution >= 4 is 5.91 Å². The predicted molar refractivity (Wildman–Crippen MR) is 62.7 cm³/mol. The van der Waals surface area contributed by atoms with Crippen LogP contribution in [0.3, 0.4) is 0 Å². The Bertz CT molecular complexity index is 334. The molecule has 0 fully saturated rings. The first-order valence-electron chi connectivity index (χ1n) is 5.70. The summed E-state index contributed by atoms with van der Waals surface area (Å²) in [7, 11) is 0. The molecule has 0 saturated carbocycles. The van der Waals surface area contributed by atoms with Gasteiger partial charge >= 0.3 is 0 Å². The van der Waals surface area contributed by atoms with Crippen LogP contribution in [0.15, 0.2) is 16.5 Å². The first-order valence-corrected chi connectivity index (χ1v) is 5.70. The molecule has 1 aromatic rings. The number of amides is 1. The van der Waals surface area contributed by atoms with Gasteiger partial charge in [-0.25, -0.2) is 0 Å². The van der Waals surface area contributed by atoms with Crippen molar-refractivity contribution in [2.45, 2.75) is 33.2 Å². The van der Waals surface area contributed by atoms with Gasteiger partial charge < -0.3 is 15.5 Å². The lowest BCUT2D eigenvalue weighted by atomic mass is 10.0. The third kappa shape index (κ3) is 3.70. The maximum atomic E-state index is 11.7. The largest absolute Gasteiger partial charge is 0.465 e. The molecule has 4 heteroatoms. The molecule has 0 aliphatic carbocycles. The molecular weight excluding hydrogens is 204 g/mol. The molecule has 0 bridgehead atoms. The summed E-state index contributed by atoms with van der Waals surface area (Å²) in [6, 6.07) is 3.75. The van der Waals surface area contributed by atoms with E-state index in [0.29, 0.717) is 13.1 Å². The first-order chi connectivity index (χ1) is 7.67. The quantitative estimate of drug-likeness (QED) is 0.770. The molecule has 1 amide bonds. The second-order valence-electron chi connectivity index (χ2n) is 3.95. The fourth-order valence-corrected chi connectivity index (χ4v) is 1.60. The van der Waals surface area contributed by atoms with Crippen molar-refractivity contribution in [1.29, 1.82) is 0 Å². The van der Waals surface area contributed by atoms with Gasteiger partial charge in [0, 0.05) is 6.54 Å². The highest BCUT2D eigenvalue weighted by atomic mass is 16.3. The van der Waals surface area contributed by atoms with E-state index in [4.69, 9.17) is 10.2 Å². The average Bonchev–Trinajstić information content (AvgIpc) is 2.68. The second-order valence-corrected chi connectivity index (χ2v) is 3.95. The van der Waals surface area contributed by atoms with Crippen LogP contribution in [0.2, 0.25) is 0 Å². The molecule has 4 nitrogen and oxygen atoms in total. The summed E-state index contributed by atoms with van der Waals surface area (Å²) in [4.78, 5) is 11.7. The van der Waals surface area contributed by atoms with Gasteiger partial charge in [-0.1, -0.05) is 13.3 Å². The number of carbonyl (C=O) groups is 1. The fraction of sp³-hybridized carbons (Fsp3) is 0.583. The van der Waals surface area contributed by atoms with Gasteiger partial charge in [0.2, 0.25) is 5.91 Å². The van der Waals surface area contributed by atoms with Gasteiger partial charge in [-0.3, -0.25) is 4.79 Å². The van der Waals surface area contributed by atoms with Crippen LogP contribution in [0, 0.1) is 12.8 Å². The molecule has 0 radical (unpaired) electrons. The van der Waals surface area contributed by atoms with Crippen LogP contribution >= 0.6 is 0 Å². The van der Waals surface area contributed by atoms with Gasteiger partial charge in [0.05, 0.1) is 12.5 Å². The summed E-state index contributed by atoms with van der Waals surface area (Å²) >= 11 is 0. The zero-order chi connectivity index (χ0) is 12.0. The molecule has 0 aliphatic heterocycles. The van der Waals surface area contributed by atoms with Crippen LogP contribution in [-0.2, 0) is 11.3 Å². The smallest absolute Gasteiger partial charge is 0.224 e. The lowest BCUT2D eigenvalue weighted by Crippen LogP contribution is -2.34. The molecule has 0 aliphatic rings. The summed E-state index contributed by atoms with van der Waals surface area (Å²) in [5.41, 5.74) is 5.55. The second kappa shape index (κ2) is 6.33. The van der Waals surface area contributed by atoms with Crippen molar-refractivity contribution in [3.8, 4) is 0 Å². The standard InChI is InChI=1S/C12H20N2O2/c1-3-4-10(7-13)12(15)14-8-11-6-5-9(2)16-11/h5-6,10H,3-4,7-8,13H2,1-2H3,(H,14,15). The number of nitrogens with one attached hydrogen (secondary N) is 1. The average molecular weight is 224 g/mol. The molecule has 16 heavy (non-hydrogen) atoms. The minimum absolute atomic E-state index is 0.0124. The van der Waals surface area contributed by atoms with Crippen LogP contribution in [0.5, 0.6) is 0 Å². The van der Waals surface area contributed by atoms with E-state index >= 15 is 0 Å². The third-order valence-corrected chi connectivity index (χ3v) is 2.53. The number of hydrogen-bond acceptors (Lipinski definition) is 3. The Labute approximate surface area is 96.2 Å². The topological polar surface area (TPSA) is 68.3 Å². The molecule has 0 saturated heterocycles. The Morgan fingerprint density at radius 3 is 2.81 bits per heavy atom. The molecule has 1 unspecified atom stereocenters. The van der Waals surface area contributed by atoms with E-state index in [9.17, 15) is 4.79 Å². The van der Waals surface area contributed by atoms with Crippen molar-refractivity contribution in [2.75, 3.05) is 6.54 Å². The highest BCUT2D eigenvalue weighted by Crippen LogP contribution is 2.08. The van der Waals surface area contributed by atoms with Crippen LogP contribution in [0.25, 0.3) is 0 Å². The van der Waals surface area contributed by atoms with Crippen molar-refractivity contribution in [3.63, 3.8) is 0 Å². The molecule has 0 aromatic carbocycles. The minimum Gasteiger partial charge on any atom is -0.465 e. The molecule has 0 spiro atoms. The Morgan fingerprint density at radius 2 is 2.31 bits per heavy atom. The van der Waals surface area contributed by atoms with E-state index in [0.717, 1.165) is 24.4 Å². The van der Waals surface area contributed by atoms with Crippen molar-refractivity contribution in [1.82, 2.24) is 5.32 Å². The van der Waals surface area contributed by atoms with Gasteiger partial charge in [0.15, 0.2) is 0 Å². The normalized spacial score (nSPS) is 12.4. The van der Waals surface area contributed by atoms with Gasteiger partial charge in [-0.15, -0.1) is 0 Å². The monoisotopic (exact) mass is 224 g/mol. The summed E-state index contributed by atoms with van der Waals surface area (Å²) in [5.74, 6) is 1.56. The molecule has 1 heterocycles. The highest BCUT2D eigenvalue weighted by molar-refractivity contribution is 5.78. The Kier molecular flexibility index (Phi) is 5.05. The molecule has 90 valence electrons. The molecule has 1 atom stereocenters. The van der Waals surface area contributed by atoms with Crippen molar-refractivity contribution in [3.05, 3.63) is 23.7 Å². The summed E-state index contributed by atoms with van der Waals surface area (Å²) in [5, 5.41) is 2.84. The lowest BCUT2D eigenvalue weighted by molar-refractivity contribution is -0.125. The molecule has 3 N–H and O–H groups in total. The number of carbonyl (C=O) groups excluding carboxylic acids is 1. The van der Waals surface area contributed by atoms with Gasteiger partial charge in [0.1, 0.15) is 11.5 Å². The Morgan fingerprint density at radius 1 is 1.56 bits per heavy atom. The van der Waals surface area contributed by atoms with Crippen LogP contribution in [0.4, 0.5) is 0 Å². The van der Waals surface area contributed by atoms with Crippen LogP contribution in [0.1, 0.15) is 31.3 Å². The third-order valence-electron chi connectivity index (χ3n) is 2.53. The lowest BCUT2D eigenvalue weighted by Gasteiger charge is -2.12. The minimum atomic E-state index is -0.0824. The van der Waals surface area contributed by atoms with E-state index in [-0.39, 0.29) is 11.8 Å². The number of nitrogens with two attached hydrogens (primary N) is 1. The summed E-state index contributed by atoms with van der Waals surface area (Å²) < 4.78 is 5.36. The Balaban J connectivity index is 2.39. The van der Waals surface area contributed by atoms with E-state index in [1.807, 2.05) is 26.0 Å². The Hall–Kier alpha value is -1.29. The van der Waals surface area contributed by atoms with Crippen molar-refractivity contribution < 1.29 is 9.21 Å². The molecular formula is C12H20N2O2. The zero-order valence-electron chi connectivity index (χ0n) is 9.95. The van der Waals surface area contributed by atoms with E-state index < -0.39 is 0 Å². The number of rotatable bonds is 6. The maximum absolute atomic E-state index is 11.7. The number of furan rings is 1. The predicted octanol–water partition coefficient (Wildman–Crippen LogP) is 1.58. The summed E-state index contributed by atoms with van der Waals surface area (Å²) in [6.45, 7) is 4.76. The first kappa shape index (κ1) is 12.8. The highest BCUT2D eigenvalue weighted by Gasteiger charge is 2.15. The fourth-order valence-electron chi connectivity index (χ4n) is 1.60. The van der Waals surface area contributed by atoms with E-state index in [1.165, 1.54) is 0 Å². The van der Waals surface area contributed by atoms with E-state index in [2.05, 4.69) is 5.32 Å².